The first-order valence-corrected chi connectivity index (χ1v) is 35.4. The van der Waals surface area contributed by atoms with Crippen LogP contribution in [0, 0.1) is 245 Å². The van der Waals surface area contributed by atoms with Crippen molar-refractivity contribution in [2.24, 2.45) is 4.99 Å². The van der Waals surface area contributed by atoms with Crippen molar-refractivity contribution in [1.29, 1.82) is 31.6 Å². The average Bonchev–Trinajstić information content (AvgIpc) is 1.34. The molecule has 0 radical (unpaired) electrons. The van der Waals surface area contributed by atoms with Crippen LogP contribution in [0.4, 0.5) is 67.6 Å². The third-order valence-corrected chi connectivity index (χ3v) is 20.1. The van der Waals surface area contributed by atoms with Gasteiger partial charge in [-0.15, -0.1) is 11.3 Å². The third-order valence-electron chi connectivity index (χ3n) is 15.1. The molecule has 610 valence electrons. The van der Waals surface area contributed by atoms with Gasteiger partial charge in [-0.25, -0.2) is 0 Å². The second-order valence-corrected chi connectivity index (χ2v) is 27.9. The highest BCUT2D eigenvalue weighted by molar-refractivity contribution is 9.10. The summed E-state index contributed by atoms with van der Waals surface area (Å²) in [5, 5.41) is 179. The highest BCUT2D eigenvalue weighted by atomic mass is 79.9. The maximum absolute atomic E-state index is 10.5. The second-order valence-electron chi connectivity index (χ2n) is 22.6. The van der Waals surface area contributed by atoms with E-state index in [2.05, 4.69) is 36.9 Å². The average molecular weight is 1860 g/mol. The Balaban J connectivity index is 0.000000454. The van der Waals surface area contributed by atoms with Crippen LogP contribution in [0.3, 0.4) is 0 Å². The molecule has 44 nitrogen and oxygen atoms in total. The molecule has 0 spiro atoms. The molecule has 0 amide bonds. The van der Waals surface area contributed by atoms with Crippen molar-refractivity contribution in [3.05, 3.63) is 334 Å². The maximum atomic E-state index is 10.5. The number of aryl methyl sites for hydroxylation is 2. The predicted molar refractivity (Wildman–Crippen MR) is 430 cm³/mol. The number of aldehydes is 1. The van der Waals surface area contributed by atoms with E-state index in [4.69, 9.17) is 66.4 Å². The number of hydrogen-bond donors (Lipinski definition) is 0. The van der Waals surface area contributed by atoms with Gasteiger partial charge < -0.3 is 0 Å². The van der Waals surface area contributed by atoms with Gasteiger partial charge in [-0.1, -0.05) is 78.0 Å². The summed E-state index contributed by atoms with van der Waals surface area (Å²) in [5.41, 5.74) is 2.15. The van der Waals surface area contributed by atoms with Crippen molar-refractivity contribution in [3.8, 4) is 36.4 Å². The first kappa shape index (κ1) is 99.9. The zero-order chi connectivity index (χ0) is 91.2. The van der Waals surface area contributed by atoms with Crippen molar-refractivity contribution in [2.45, 2.75) is 62.3 Å². The molecular weight excluding hydrogens is 1810 g/mol. The molecule has 0 bridgehead atoms. The van der Waals surface area contributed by atoms with Gasteiger partial charge in [0.2, 0.25) is 0 Å². The lowest BCUT2D eigenvalue weighted by Gasteiger charge is -1.99. The fraction of sp³-hybridized carbons (Fsp3) is 0.147. The maximum Gasteiger partial charge on any atom is 0.331 e. The van der Waals surface area contributed by atoms with E-state index in [1.165, 1.54) is 75.4 Å². The normalized spacial score (nSPS) is 9.90. The van der Waals surface area contributed by atoms with E-state index in [-0.39, 0.29) is 110 Å². The van der Waals surface area contributed by atoms with Crippen molar-refractivity contribution in [1.82, 2.24) is 0 Å². The van der Waals surface area contributed by atoms with Crippen LogP contribution in [0.15, 0.2) is 111 Å². The van der Waals surface area contributed by atoms with Gasteiger partial charge in [-0.2, -0.15) is 31.6 Å². The molecule has 0 fully saturated rings. The molecule has 0 saturated carbocycles. The Kier molecular flexibility index (Phi) is 38.3. The van der Waals surface area contributed by atoms with Crippen LogP contribution < -0.4 is 10.6 Å². The van der Waals surface area contributed by atoms with E-state index >= 15 is 0 Å². The molecule has 7 aromatic carbocycles. The Hall–Kier alpha value is -15.2. The van der Waals surface area contributed by atoms with E-state index in [9.17, 15) is 126 Å². The molecule has 0 unspecified atom stereocenters. The topological polar surface area (TPSA) is 690 Å². The Bertz CT molecular complexity index is 5930. The van der Waals surface area contributed by atoms with Gasteiger partial charge in [0.1, 0.15) is 12.1 Å². The number of carbonyl (C=O) groups is 1. The molecular formula is C68H46Br2Cl3N19O25S2. The number of nitro groups is 12. The van der Waals surface area contributed by atoms with Crippen LogP contribution in [-0.4, -0.2) is 71.9 Å². The number of benzene rings is 7. The first-order chi connectivity index (χ1) is 55.4. The number of nitro benzene ring substituents is 10. The van der Waals surface area contributed by atoms with Gasteiger partial charge in [0.15, 0.2) is 6.29 Å². The molecule has 0 saturated heterocycles. The molecule has 0 N–H and O–H groups in total. The van der Waals surface area contributed by atoms with E-state index < -0.39 is 65.5 Å². The van der Waals surface area contributed by atoms with Gasteiger partial charge in [-0.3, -0.25) is 131 Å². The summed E-state index contributed by atoms with van der Waals surface area (Å²) in [4.78, 5) is 133. The summed E-state index contributed by atoms with van der Waals surface area (Å²) >= 11 is 25.2. The molecule has 51 heteroatoms. The molecule has 0 atom stereocenters. The molecule has 10 rings (SSSR count). The minimum Gasteiger partial charge on any atom is -0.297 e. The van der Waals surface area contributed by atoms with Crippen LogP contribution in [0.1, 0.15) is 93.1 Å². The third kappa shape index (κ3) is 28.1. The summed E-state index contributed by atoms with van der Waals surface area (Å²) in [6.45, 7) is 15.1. The Labute approximate surface area is 704 Å². The van der Waals surface area contributed by atoms with Crippen LogP contribution in [0.2, 0.25) is 15.1 Å². The van der Waals surface area contributed by atoms with Crippen LogP contribution in [0.5, 0.6) is 0 Å². The summed E-state index contributed by atoms with van der Waals surface area (Å²) in [7, 11) is 0. The number of nitrogens with zero attached hydrogens (tertiary/aromatic N) is 19. The van der Waals surface area contributed by atoms with Gasteiger partial charge in [-0.05, 0) is 90.6 Å². The number of rotatable bonds is 13. The summed E-state index contributed by atoms with van der Waals surface area (Å²) in [6.07, 6.45) is 0.667. The highest BCUT2D eigenvalue weighted by Crippen LogP contribution is 2.36. The lowest BCUT2D eigenvalue weighted by Crippen LogP contribution is -2.22. The Morgan fingerprint density at radius 3 is 1.05 bits per heavy atom. The number of hydrogen-bond acceptors (Lipinski definition) is 34. The molecule has 2 aromatic heterocycles. The molecule has 9 aromatic rings. The summed E-state index contributed by atoms with van der Waals surface area (Å²) in [5.74, 6) is 0. The van der Waals surface area contributed by atoms with Crippen molar-refractivity contribution in [3.63, 3.8) is 0 Å². The number of non-ortho nitro benzene ring substituents is 7. The summed E-state index contributed by atoms with van der Waals surface area (Å²) < 4.78 is 0.941. The highest BCUT2D eigenvalue weighted by Gasteiger charge is 2.26. The van der Waals surface area contributed by atoms with Crippen molar-refractivity contribution < 1.29 is 63.9 Å². The smallest absolute Gasteiger partial charge is 0.297 e. The zero-order valence-electron chi connectivity index (χ0n) is 61.4. The monoisotopic (exact) mass is 1850 g/mol. The standard InChI is InChI=1S/C9H5N3O2.C9H8N2O2.C8H5BrN2O2.C8H5ClN2O2.C8H5N3O4.C7H5BrN2O4.C7H5ClN2O4.C7H4ClNOS.C5H4N2O4S/c1-6-7(4-10)2-9(12(13)14)3-8(6)5-11;1-6-5-10-9-3-2-7(11(12)13)4-8(6)9;2*1-5-6(4-10)2-7(11(12)13)3-8(5)9;1-5-6(4-9)2-7(10(12)13)3-8(5)11(14)15;2*1-4-6(8)2-5(9(11)12)3-7(4)10(13)14;1-4-5(2-9)7(8)6(3-10)11-4;1-3-4(6(8)9)2-5(12-3)7(10)11/h2-3H,1H3;2-4H,5H2,1H3;2*2-3H,1H3;2-3H,1H3;2*2-3H,1H3;3H,1H3;2H,1H3. The second kappa shape index (κ2) is 45.7. The van der Waals surface area contributed by atoms with Crippen LogP contribution >= 0.6 is 89.3 Å². The number of fused-ring (bicyclic) bond motifs is 1. The van der Waals surface area contributed by atoms with Crippen LogP contribution in [0.25, 0.3) is 5.57 Å². The van der Waals surface area contributed by atoms with Crippen molar-refractivity contribution >= 4 is 169 Å². The Morgan fingerprint density at radius 2 is 0.697 bits per heavy atom. The molecule has 119 heavy (non-hydrogen) atoms. The van der Waals surface area contributed by atoms with E-state index in [1.54, 1.807) is 45.9 Å². The zero-order valence-corrected chi connectivity index (χ0v) is 68.5. The first-order valence-electron chi connectivity index (χ1n) is 31.1. The minimum atomic E-state index is -0.771. The predicted octanol–water partition coefficient (Wildman–Crippen LogP) is 18.0. The molecule has 1 aliphatic heterocycles. The fourth-order valence-electron chi connectivity index (χ4n) is 8.67. The number of halogens is 5. The van der Waals surface area contributed by atoms with Crippen LogP contribution in [-0.2, 0) is 0 Å². The van der Waals surface area contributed by atoms with Crippen molar-refractivity contribution in [2.75, 3.05) is 6.54 Å². The van der Waals surface area contributed by atoms with Gasteiger partial charge >= 0.3 is 5.00 Å². The van der Waals surface area contributed by atoms with Gasteiger partial charge in [0, 0.05) is 102 Å². The fourth-order valence-corrected chi connectivity index (χ4v) is 12.0. The molecule has 3 heterocycles. The van der Waals surface area contributed by atoms with E-state index in [1.807, 2.05) is 37.3 Å². The summed E-state index contributed by atoms with van der Waals surface area (Å²) in [6, 6.07) is 30.2. The molecule has 1 aliphatic rings. The van der Waals surface area contributed by atoms with E-state index in [0.717, 1.165) is 80.9 Å². The number of thiophene rings is 2. The number of nitriles is 6. The lowest BCUT2D eigenvalue weighted by molar-refractivity contribution is -0.394. The van der Waals surface area contributed by atoms with Gasteiger partial charge in [0.05, 0.1) is 178 Å². The number of carbonyl (C=O) groups excluding carboxylic acids is 1. The molecule has 0 aliphatic carbocycles. The lowest BCUT2D eigenvalue weighted by atomic mass is 10.0. The minimum absolute atomic E-state index is 0.0194. The quantitative estimate of drug-likeness (QED) is 0.0587. The Morgan fingerprint density at radius 1 is 0.361 bits per heavy atom. The largest absolute Gasteiger partial charge is 0.331 e. The van der Waals surface area contributed by atoms with E-state index in [0.29, 0.717) is 64.9 Å². The van der Waals surface area contributed by atoms with Gasteiger partial charge in [0.25, 0.3) is 62.6 Å². The SMILES string of the molecule is CC1=c2cc([N+](=O)[O-])ccc2=NC1.Cc1c(Br)cc([N+](=O)[O-])cc1C#N.Cc1c(Br)cc([N+](=O)[O-])cc1[N+](=O)[O-].Cc1c(C#N)cc([N+](=O)[O-])cc1C#N.Cc1c(C#N)cc([N+](=O)[O-])cc1[N+](=O)[O-].Cc1c(Cl)cc([N+](=O)[O-])cc1C#N.Cc1c(Cl)cc([N+](=O)[O-])cc1[N+](=O)[O-].Cc1sc(C=O)c(Cl)c1C#N.Cc1sc([N+](=O)[O-])cc1[N+](=O)[O-].